The maximum absolute atomic E-state index is 13.2. The molecule has 0 saturated heterocycles. The Kier molecular flexibility index (Phi) is 6.43. The highest BCUT2D eigenvalue weighted by molar-refractivity contribution is 5.97. The lowest BCUT2D eigenvalue weighted by Gasteiger charge is -2.05. The fourth-order valence-electron chi connectivity index (χ4n) is 1.29. The van der Waals surface area contributed by atoms with E-state index < -0.39 is 5.82 Å². The van der Waals surface area contributed by atoms with Crippen LogP contribution in [0.4, 0.5) is 4.39 Å². The SMILES string of the molecule is CCCOCCOCC(=O)c1ccccc1F. The number of carbonyl (C=O) groups is 1. The molecule has 94 valence electrons. The molecule has 0 unspecified atom stereocenters. The fourth-order valence-corrected chi connectivity index (χ4v) is 1.29. The van der Waals surface area contributed by atoms with Crippen molar-refractivity contribution < 1.29 is 18.7 Å². The summed E-state index contributed by atoms with van der Waals surface area (Å²) in [6.07, 6.45) is 0.953. The van der Waals surface area contributed by atoms with Crippen LogP contribution in [-0.4, -0.2) is 32.2 Å². The Morgan fingerprint density at radius 2 is 1.88 bits per heavy atom. The summed E-state index contributed by atoms with van der Waals surface area (Å²) in [6.45, 7) is 3.39. The third kappa shape index (κ3) is 5.06. The van der Waals surface area contributed by atoms with E-state index in [4.69, 9.17) is 9.47 Å². The molecule has 3 nitrogen and oxygen atoms in total. The van der Waals surface area contributed by atoms with Gasteiger partial charge in [-0.1, -0.05) is 19.1 Å². The van der Waals surface area contributed by atoms with Gasteiger partial charge in [0.05, 0.1) is 18.8 Å². The van der Waals surface area contributed by atoms with Gasteiger partial charge in [0.2, 0.25) is 0 Å². The summed E-state index contributed by atoms with van der Waals surface area (Å²) in [5.74, 6) is -0.859. The van der Waals surface area contributed by atoms with Gasteiger partial charge in [0, 0.05) is 6.61 Å². The van der Waals surface area contributed by atoms with Crippen LogP contribution in [0.2, 0.25) is 0 Å². The minimum Gasteiger partial charge on any atom is -0.379 e. The predicted octanol–water partition coefficient (Wildman–Crippen LogP) is 2.45. The van der Waals surface area contributed by atoms with Crippen molar-refractivity contribution in [2.45, 2.75) is 13.3 Å². The van der Waals surface area contributed by atoms with Crippen molar-refractivity contribution in [2.24, 2.45) is 0 Å². The second kappa shape index (κ2) is 7.92. The van der Waals surface area contributed by atoms with Crippen molar-refractivity contribution in [3.05, 3.63) is 35.6 Å². The molecule has 0 bridgehead atoms. The number of hydrogen-bond acceptors (Lipinski definition) is 3. The smallest absolute Gasteiger partial charge is 0.191 e. The van der Waals surface area contributed by atoms with Crippen LogP contribution in [0.1, 0.15) is 23.7 Å². The molecule has 0 spiro atoms. The average molecular weight is 240 g/mol. The standard InChI is InChI=1S/C13H17FO3/c1-2-7-16-8-9-17-10-13(15)11-5-3-4-6-12(11)14/h3-6H,2,7-10H2,1H3. The van der Waals surface area contributed by atoms with E-state index in [1.54, 1.807) is 12.1 Å². The molecule has 0 radical (unpaired) electrons. The number of ether oxygens (including phenoxy) is 2. The number of Topliss-reactive ketones (excluding diaryl/α,β-unsaturated/α-hetero) is 1. The molecule has 1 aromatic carbocycles. The lowest BCUT2D eigenvalue weighted by atomic mass is 10.1. The molecule has 0 aliphatic carbocycles. The normalized spacial score (nSPS) is 10.5. The van der Waals surface area contributed by atoms with Gasteiger partial charge in [0.1, 0.15) is 12.4 Å². The van der Waals surface area contributed by atoms with Crippen molar-refractivity contribution >= 4 is 5.78 Å². The van der Waals surface area contributed by atoms with Crippen LogP contribution in [-0.2, 0) is 9.47 Å². The number of ketones is 1. The van der Waals surface area contributed by atoms with Gasteiger partial charge >= 0.3 is 0 Å². The molecule has 1 rings (SSSR count). The van der Waals surface area contributed by atoms with Crippen LogP contribution in [0.3, 0.4) is 0 Å². The first-order valence-electron chi connectivity index (χ1n) is 5.69. The summed E-state index contributed by atoms with van der Waals surface area (Å²) in [4.78, 5) is 11.5. The van der Waals surface area contributed by atoms with Crippen molar-refractivity contribution in [1.82, 2.24) is 0 Å². The van der Waals surface area contributed by atoms with Gasteiger partial charge < -0.3 is 9.47 Å². The lowest BCUT2D eigenvalue weighted by molar-refractivity contribution is 0.0439. The average Bonchev–Trinajstić information content (AvgIpc) is 2.34. The molecule has 0 aromatic heterocycles. The zero-order chi connectivity index (χ0) is 12.5. The van der Waals surface area contributed by atoms with E-state index in [-0.39, 0.29) is 18.0 Å². The predicted molar refractivity (Wildman–Crippen MR) is 62.7 cm³/mol. The molecule has 17 heavy (non-hydrogen) atoms. The van der Waals surface area contributed by atoms with E-state index in [0.29, 0.717) is 19.8 Å². The van der Waals surface area contributed by atoms with E-state index in [0.717, 1.165) is 6.42 Å². The highest BCUT2D eigenvalue weighted by Crippen LogP contribution is 2.07. The zero-order valence-corrected chi connectivity index (χ0v) is 9.95. The highest BCUT2D eigenvalue weighted by Gasteiger charge is 2.10. The molecular weight excluding hydrogens is 223 g/mol. The van der Waals surface area contributed by atoms with E-state index >= 15 is 0 Å². The first-order valence-corrected chi connectivity index (χ1v) is 5.69. The molecule has 0 heterocycles. The van der Waals surface area contributed by atoms with Crippen LogP contribution in [0.5, 0.6) is 0 Å². The van der Waals surface area contributed by atoms with Crippen molar-refractivity contribution in [3.63, 3.8) is 0 Å². The second-order valence-corrected chi connectivity index (χ2v) is 3.57. The molecule has 0 saturated carbocycles. The van der Waals surface area contributed by atoms with Crippen LogP contribution in [0.25, 0.3) is 0 Å². The Hall–Kier alpha value is -1.26. The molecule has 0 amide bonds. The molecule has 4 heteroatoms. The van der Waals surface area contributed by atoms with Gasteiger partial charge in [-0.15, -0.1) is 0 Å². The van der Waals surface area contributed by atoms with Crippen molar-refractivity contribution in [1.29, 1.82) is 0 Å². The zero-order valence-electron chi connectivity index (χ0n) is 9.95. The largest absolute Gasteiger partial charge is 0.379 e. The van der Waals surface area contributed by atoms with E-state index in [1.807, 2.05) is 6.92 Å². The Labute approximate surface area is 101 Å². The third-order valence-corrected chi connectivity index (χ3v) is 2.13. The van der Waals surface area contributed by atoms with Gasteiger partial charge in [-0.25, -0.2) is 4.39 Å². The lowest BCUT2D eigenvalue weighted by Crippen LogP contribution is -2.14. The summed E-state index contributed by atoms with van der Waals surface area (Å²) >= 11 is 0. The van der Waals surface area contributed by atoms with Gasteiger partial charge in [-0.3, -0.25) is 4.79 Å². The number of rotatable bonds is 8. The number of halogens is 1. The van der Waals surface area contributed by atoms with Crippen LogP contribution in [0.15, 0.2) is 24.3 Å². The van der Waals surface area contributed by atoms with Crippen molar-refractivity contribution in [2.75, 3.05) is 26.4 Å². The molecule has 1 aromatic rings. The van der Waals surface area contributed by atoms with E-state index in [1.165, 1.54) is 12.1 Å². The Morgan fingerprint density at radius 3 is 2.59 bits per heavy atom. The maximum Gasteiger partial charge on any atom is 0.191 e. The molecule has 0 N–H and O–H groups in total. The molecular formula is C13H17FO3. The van der Waals surface area contributed by atoms with Gasteiger partial charge in [0.25, 0.3) is 0 Å². The van der Waals surface area contributed by atoms with Gasteiger partial charge in [-0.2, -0.15) is 0 Å². The summed E-state index contributed by atoms with van der Waals surface area (Å²) in [5, 5.41) is 0. The number of carbonyl (C=O) groups excluding carboxylic acids is 1. The number of hydrogen-bond donors (Lipinski definition) is 0. The summed E-state index contributed by atoms with van der Waals surface area (Å²) in [7, 11) is 0. The summed E-state index contributed by atoms with van der Waals surface area (Å²) in [5.41, 5.74) is 0.0713. The summed E-state index contributed by atoms with van der Waals surface area (Å²) in [6, 6.07) is 5.89. The van der Waals surface area contributed by atoms with Crippen molar-refractivity contribution in [3.8, 4) is 0 Å². The second-order valence-electron chi connectivity index (χ2n) is 3.57. The topological polar surface area (TPSA) is 35.5 Å². The quantitative estimate of drug-likeness (QED) is 0.517. The van der Waals surface area contributed by atoms with Crippen LogP contribution in [0, 0.1) is 5.82 Å². The fraction of sp³-hybridized carbons (Fsp3) is 0.462. The van der Waals surface area contributed by atoms with E-state index in [9.17, 15) is 9.18 Å². The third-order valence-electron chi connectivity index (χ3n) is 2.13. The minimum atomic E-state index is -0.511. The minimum absolute atomic E-state index is 0.0713. The highest BCUT2D eigenvalue weighted by atomic mass is 19.1. The first-order chi connectivity index (χ1) is 8.25. The molecule has 0 aliphatic heterocycles. The number of benzene rings is 1. The van der Waals surface area contributed by atoms with Crippen LogP contribution < -0.4 is 0 Å². The Bertz CT molecular complexity index is 352. The molecule has 0 aliphatic rings. The first kappa shape index (κ1) is 13.8. The van der Waals surface area contributed by atoms with Crippen LogP contribution >= 0.6 is 0 Å². The maximum atomic E-state index is 13.2. The summed E-state index contributed by atoms with van der Waals surface area (Å²) < 4.78 is 23.5. The van der Waals surface area contributed by atoms with Gasteiger partial charge in [-0.05, 0) is 18.6 Å². The Morgan fingerprint density at radius 1 is 1.18 bits per heavy atom. The van der Waals surface area contributed by atoms with Gasteiger partial charge in [0.15, 0.2) is 5.78 Å². The molecule has 0 fully saturated rings. The monoisotopic (exact) mass is 240 g/mol. The Balaban J connectivity index is 2.24. The molecule has 0 atom stereocenters. The van der Waals surface area contributed by atoms with E-state index in [2.05, 4.69) is 0 Å².